The molecule has 418 valence electrons. The lowest BCUT2D eigenvalue weighted by molar-refractivity contribution is -0.301. The highest BCUT2D eigenvalue weighted by Gasteiger charge is 2.50. The molecule has 12 heteroatoms. The standard InChI is InChI=1S/C59H110O12/c1-4-7-10-13-16-19-22-23-24-25-26-27-28-29-32-35-38-41-44-47-53(62)70-57-55(64)54(63)56(58(65)66)71-59(57)68-49-50(69-52(61)46-43-40-37-34-31-21-18-15-12-9-6-3)48-67-51(60)45-42-39-36-33-30-20-17-14-11-8-5-2/h50,54-57,59,63-64H,4-49H2,1-3H3,(H,65,66). The van der Waals surface area contributed by atoms with Crippen LogP contribution in [0.5, 0.6) is 0 Å². The highest BCUT2D eigenvalue weighted by atomic mass is 16.7. The highest BCUT2D eigenvalue weighted by molar-refractivity contribution is 5.74. The van der Waals surface area contributed by atoms with Gasteiger partial charge >= 0.3 is 23.9 Å². The number of esters is 3. The lowest BCUT2D eigenvalue weighted by Crippen LogP contribution is -2.61. The van der Waals surface area contributed by atoms with Crippen LogP contribution in [0, 0.1) is 0 Å². The van der Waals surface area contributed by atoms with Crippen LogP contribution < -0.4 is 0 Å². The minimum atomic E-state index is -1.89. The van der Waals surface area contributed by atoms with Gasteiger partial charge in [-0.15, -0.1) is 0 Å². The molecule has 0 aromatic rings. The Hall–Kier alpha value is -2.28. The number of aliphatic carboxylic acids is 1. The van der Waals surface area contributed by atoms with Crippen molar-refractivity contribution >= 4 is 23.9 Å². The number of hydrogen-bond donors (Lipinski definition) is 3. The van der Waals surface area contributed by atoms with Crippen molar-refractivity contribution in [2.24, 2.45) is 0 Å². The summed E-state index contributed by atoms with van der Waals surface area (Å²) in [6, 6.07) is 0. The van der Waals surface area contributed by atoms with E-state index in [1.54, 1.807) is 0 Å². The van der Waals surface area contributed by atoms with Crippen molar-refractivity contribution in [3.8, 4) is 0 Å². The molecule has 0 aliphatic carbocycles. The van der Waals surface area contributed by atoms with Gasteiger partial charge in [0.2, 0.25) is 0 Å². The lowest BCUT2D eigenvalue weighted by atomic mass is 9.98. The maximum atomic E-state index is 13.1. The van der Waals surface area contributed by atoms with Crippen LogP contribution >= 0.6 is 0 Å². The van der Waals surface area contributed by atoms with Gasteiger partial charge in [-0.25, -0.2) is 4.79 Å². The predicted octanol–water partition coefficient (Wildman–Crippen LogP) is 15.1. The van der Waals surface area contributed by atoms with Crippen LogP contribution in [-0.4, -0.2) is 89.2 Å². The fourth-order valence-electron chi connectivity index (χ4n) is 9.55. The Labute approximate surface area is 433 Å². The number of carboxylic acid groups (broad SMARTS) is 1. The van der Waals surface area contributed by atoms with Crippen molar-refractivity contribution in [2.45, 2.75) is 340 Å². The normalized spacial score (nSPS) is 18.4. The first-order valence-corrected chi connectivity index (χ1v) is 30.0. The fraction of sp³-hybridized carbons (Fsp3) is 0.932. The van der Waals surface area contributed by atoms with E-state index in [1.165, 1.54) is 186 Å². The van der Waals surface area contributed by atoms with Crippen molar-refractivity contribution in [1.29, 1.82) is 0 Å². The van der Waals surface area contributed by atoms with Crippen LogP contribution in [0.1, 0.15) is 303 Å². The lowest BCUT2D eigenvalue weighted by Gasteiger charge is -2.40. The molecule has 6 unspecified atom stereocenters. The van der Waals surface area contributed by atoms with E-state index in [9.17, 15) is 34.5 Å². The summed E-state index contributed by atoms with van der Waals surface area (Å²) in [4.78, 5) is 51.0. The third-order valence-electron chi connectivity index (χ3n) is 14.2. The Morgan fingerprint density at radius 1 is 0.408 bits per heavy atom. The Kier molecular flexibility index (Phi) is 45.7. The summed E-state index contributed by atoms with van der Waals surface area (Å²) >= 11 is 0. The van der Waals surface area contributed by atoms with Gasteiger partial charge in [-0.3, -0.25) is 14.4 Å². The summed E-state index contributed by atoms with van der Waals surface area (Å²) in [6.45, 7) is 6.01. The van der Waals surface area contributed by atoms with E-state index in [1.807, 2.05) is 0 Å². The average molecular weight is 1010 g/mol. The van der Waals surface area contributed by atoms with Crippen LogP contribution in [0.2, 0.25) is 0 Å². The Morgan fingerprint density at radius 3 is 1.06 bits per heavy atom. The number of carbonyl (C=O) groups excluding carboxylic acids is 3. The van der Waals surface area contributed by atoms with Crippen LogP contribution in [-0.2, 0) is 42.9 Å². The summed E-state index contributed by atoms with van der Waals surface area (Å²) in [5.74, 6) is -3.07. The summed E-state index contributed by atoms with van der Waals surface area (Å²) in [6.07, 6.45) is 39.4. The summed E-state index contributed by atoms with van der Waals surface area (Å²) in [5, 5.41) is 31.5. The van der Waals surface area contributed by atoms with Crippen LogP contribution in [0.15, 0.2) is 0 Å². The summed E-state index contributed by atoms with van der Waals surface area (Å²) in [7, 11) is 0. The molecule has 1 saturated heterocycles. The SMILES string of the molecule is CCCCCCCCCCCCCCCCCCCCCC(=O)OC1C(OCC(COC(=O)CCCCCCCCCCCCC)OC(=O)CCCCCCCCCCCCC)OC(C(=O)O)C(O)C1O. The van der Waals surface area contributed by atoms with Crippen molar-refractivity contribution < 1.29 is 58.2 Å². The molecule has 1 aliphatic heterocycles. The minimum absolute atomic E-state index is 0.0710. The topological polar surface area (TPSA) is 175 Å². The molecule has 0 saturated carbocycles. The molecule has 0 aromatic carbocycles. The van der Waals surface area contributed by atoms with Crippen LogP contribution in [0.4, 0.5) is 0 Å². The number of ether oxygens (including phenoxy) is 5. The molecule has 1 fully saturated rings. The van der Waals surface area contributed by atoms with Gasteiger partial charge in [0.05, 0.1) is 6.61 Å². The second kappa shape index (κ2) is 48.6. The quantitative estimate of drug-likeness (QED) is 0.0299. The average Bonchev–Trinajstić information content (AvgIpc) is 3.35. The molecular weight excluding hydrogens is 901 g/mol. The second-order valence-electron chi connectivity index (χ2n) is 21.0. The van der Waals surface area contributed by atoms with Crippen molar-refractivity contribution in [3.05, 3.63) is 0 Å². The summed E-state index contributed by atoms with van der Waals surface area (Å²) < 4.78 is 28.4. The molecule has 0 radical (unpaired) electrons. The molecule has 1 heterocycles. The molecule has 0 aromatic heterocycles. The fourth-order valence-corrected chi connectivity index (χ4v) is 9.55. The van der Waals surface area contributed by atoms with E-state index < -0.39 is 67.3 Å². The number of carboxylic acids is 1. The van der Waals surface area contributed by atoms with Gasteiger partial charge in [-0.1, -0.05) is 265 Å². The van der Waals surface area contributed by atoms with Gasteiger partial charge in [-0.2, -0.15) is 0 Å². The van der Waals surface area contributed by atoms with E-state index in [-0.39, 0.29) is 25.9 Å². The highest BCUT2D eigenvalue weighted by Crippen LogP contribution is 2.27. The third kappa shape index (κ3) is 38.9. The predicted molar refractivity (Wildman–Crippen MR) is 285 cm³/mol. The minimum Gasteiger partial charge on any atom is -0.479 e. The van der Waals surface area contributed by atoms with Crippen molar-refractivity contribution in [2.75, 3.05) is 13.2 Å². The first kappa shape index (κ1) is 66.7. The van der Waals surface area contributed by atoms with Crippen molar-refractivity contribution in [3.63, 3.8) is 0 Å². The van der Waals surface area contributed by atoms with Gasteiger partial charge in [0.25, 0.3) is 0 Å². The molecule has 0 bridgehead atoms. The number of hydrogen-bond acceptors (Lipinski definition) is 11. The number of aliphatic hydroxyl groups excluding tert-OH is 2. The van der Waals surface area contributed by atoms with Crippen LogP contribution in [0.3, 0.4) is 0 Å². The maximum absolute atomic E-state index is 13.1. The molecule has 3 N–H and O–H groups in total. The number of carbonyl (C=O) groups is 4. The zero-order chi connectivity index (χ0) is 51.8. The monoisotopic (exact) mass is 1010 g/mol. The second-order valence-corrected chi connectivity index (χ2v) is 21.0. The van der Waals surface area contributed by atoms with Gasteiger partial charge in [-0.05, 0) is 19.3 Å². The maximum Gasteiger partial charge on any atom is 0.335 e. The Bertz CT molecular complexity index is 1250. The number of aliphatic hydroxyl groups is 2. The molecule has 1 rings (SSSR count). The molecule has 12 nitrogen and oxygen atoms in total. The Morgan fingerprint density at radius 2 is 0.718 bits per heavy atom. The molecule has 71 heavy (non-hydrogen) atoms. The Balaban J connectivity index is 2.61. The van der Waals surface area contributed by atoms with Crippen LogP contribution in [0.25, 0.3) is 0 Å². The van der Waals surface area contributed by atoms with E-state index in [0.29, 0.717) is 19.3 Å². The zero-order valence-electron chi connectivity index (χ0n) is 46.0. The number of rotatable bonds is 52. The van der Waals surface area contributed by atoms with Gasteiger partial charge in [0.15, 0.2) is 24.6 Å². The molecule has 0 amide bonds. The van der Waals surface area contributed by atoms with Gasteiger partial charge < -0.3 is 39.0 Å². The van der Waals surface area contributed by atoms with Crippen molar-refractivity contribution in [1.82, 2.24) is 0 Å². The third-order valence-corrected chi connectivity index (χ3v) is 14.2. The first-order valence-electron chi connectivity index (χ1n) is 30.0. The van der Waals surface area contributed by atoms with E-state index in [4.69, 9.17) is 23.7 Å². The first-order chi connectivity index (χ1) is 34.6. The molecule has 0 spiro atoms. The smallest absolute Gasteiger partial charge is 0.335 e. The zero-order valence-corrected chi connectivity index (χ0v) is 46.0. The molecular formula is C59H110O12. The largest absolute Gasteiger partial charge is 0.479 e. The van der Waals surface area contributed by atoms with Gasteiger partial charge in [0.1, 0.15) is 18.8 Å². The molecule has 6 atom stereocenters. The summed E-state index contributed by atoms with van der Waals surface area (Å²) in [5.41, 5.74) is 0. The van der Waals surface area contributed by atoms with E-state index in [2.05, 4.69) is 20.8 Å². The van der Waals surface area contributed by atoms with Gasteiger partial charge in [0, 0.05) is 19.3 Å². The molecule has 1 aliphatic rings. The van der Waals surface area contributed by atoms with E-state index >= 15 is 0 Å². The van der Waals surface area contributed by atoms with E-state index in [0.717, 1.165) is 57.8 Å². The number of unbranched alkanes of at least 4 members (excludes halogenated alkanes) is 38.